The highest BCUT2D eigenvalue weighted by atomic mass is 32.2. The van der Waals surface area contributed by atoms with Gasteiger partial charge in [0.1, 0.15) is 0 Å². The number of hydrogen-bond acceptors (Lipinski definition) is 5. The molecule has 0 aliphatic heterocycles. The molecule has 3 rings (SSSR count). The quantitative estimate of drug-likeness (QED) is 0.722. The number of pyridine rings is 2. The molecule has 26 heavy (non-hydrogen) atoms. The van der Waals surface area contributed by atoms with Crippen LogP contribution in [0.1, 0.15) is 11.3 Å². The molecule has 0 bridgehead atoms. The predicted octanol–water partition coefficient (Wildman–Crippen LogP) is 2.94. The second-order valence-corrected chi connectivity index (χ2v) is 7.49. The summed E-state index contributed by atoms with van der Waals surface area (Å²) in [6.45, 7) is 2.07. The molecule has 0 saturated heterocycles. The van der Waals surface area contributed by atoms with Gasteiger partial charge < -0.3 is 4.74 Å². The molecule has 0 aliphatic carbocycles. The molecule has 1 N–H and O–H groups in total. The van der Waals surface area contributed by atoms with Crippen LogP contribution in [0.15, 0.2) is 65.7 Å². The van der Waals surface area contributed by atoms with Crippen LogP contribution in [0.25, 0.3) is 11.3 Å². The fourth-order valence-electron chi connectivity index (χ4n) is 2.44. The van der Waals surface area contributed by atoms with Crippen molar-refractivity contribution < 1.29 is 13.2 Å². The molecule has 0 atom stereocenters. The lowest BCUT2D eigenvalue weighted by Crippen LogP contribution is -2.23. The molecule has 0 unspecified atom stereocenters. The first-order valence-corrected chi connectivity index (χ1v) is 9.49. The number of rotatable bonds is 6. The second kappa shape index (κ2) is 7.63. The van der Waals surface area contributed by atoms with Gasteiger partial charge in [0.15, 0.2) is 0 Å². The van der Waals surface area contributed by atoms with Gasteiger partial charge in [-0.05, 0) is 42.8 Å². The van der Waals surface area contributed by atoms with Crippen molar-refractivity contribution in [2.24, 2.45) is 0 Å². The zero-order valence-corrected chi connectivity index (χ0v) is 15.3. The van der Waals surface area contributed by atoms with Crippen molar-refractivity contribution in [3.05, 3.63) is 72.1 Å². The SMILES string of the molecule is COc1cc(CNS(=O)(=O)c2ccc(-c3cccc(C)n3)cc2)ccn1. The Bertz CT molecular complexity index is 1000. The summed E-state index contributed by atoms with van der Waals surface area (Å²) in [5.41, 5.74) is 3.35. The number of aryl methyl sites for hydroxylation is 1. The number of methoxy groups -OCH3 is 1. The van der Waals surface area contributed by atoms with Crippen molar-refractivity contribution in [1.29, 1.82) is 0 Å². The first kappa shape index (κ1) is 18.0. The molecule has 0 fully saturated rings. The molecule has 3 aromatic rings. The van der Waals surface area contributed by atoms with Crippen LogP contribution in [-0.4, -0.2) is 25.5 Å². The van der Waals surface area contributed by atoms with Crippen molar-refractivity contribution in [2.45, 2.75) is 18.4 Å². The predicted molar refractivity (Wildman–Crippen MR) is 99.2 cm³/mol. The lowest BCUT2D eigenvalue weighted by atomic mass is 10.1. The van der Waals surface area contributed by atoms with E-state index in [1.807, 2.05) is 25.1 Å². The highest BCUT2D eigenvalue weighted by Crippen LogP contribution is 2.20. The van der Waals surface area contributed by atoms with E-state index in [0.717, 1.165) is 22.5 Å². The van der Waals surface area contributed by atoms with E-state index in [-0.39, 0.29) is 11.4 Å². The Morgan fingerprint density at radius 2 is 1.85 bits per heavy atom. The zero-order chi connectivity index (χ0) is 18.6. The van der Waals surface area contributed by atoms with E-state index in [2.05, 4.69) is 14.7 Å². The van der Waals surface area contributed by atoms with E-state index < -0.39 is 10.0 Å². The molecule has 6 nitrogen and oxygen atoms in total. The summed E-state index contributed by atoms with van der Waals surface area (Å²) in [6, 6.07) is 15.8. The average Bonchev–Trinajstić information content (AvgIpc) is 2.67. The molecule has 0 radical (unpaired) electrons. The zero-order valence-electron chi connectivity index (χ0n) is 14.5. The molecular formula is C19H19N3O3S. The molecule has 2 aromatic heterocycles. The fourth-order valence-corrected chi connectivity index (χ4v) is 3.46. The van der Waals surface area contributed by atoms with Crippen LogP contribution in [0.5, 0.6) is 5.88 Å². The molecule has 0 aliphatic rings. The Kier molecular flexibility index (Phi) is 5.29. The number of hydrogen-bond donors (Lipinski definition) is 1. The van der Waals surface area contributed by atoms with Gasteiger partial charge >= 0.3 is 0 Å². The number of benzene rings is 1. The minimum Gasteiger partial charge on any atom is -0.481 e. The van der Waals surface area contributed by atoms with Gasteiger partial charge in [-0.3, -0.25) is 4.98 Å². The molecule has 7 heteroatoms. The topological polar surface area (TPSA) is 81.2 Å². The average molecular weight is 369 g/mol. The van der Waals surface area contributed by atoms with Gasteiger partial charge in [0, 0.05) is 30.1 Å². The van der Waals surface area contributed by atoms with Crippen LogP contribution in [0, 0.1) is 6.92 Å². The summed E-state index contributed by atoms with van der Waals surface area (Å²) in [5, 5.41) is 0. The molecule has 0 saturated carbocycles. The Morgan fingerprint density at radius 3 is 2.54 bits per heavy atom. The van der Waals surface area contributed by atoms with Crippen molar-refractivity contribution in [3.8, 4) is 17.1 Å². The van der Waals surface area contributed by atoms with Gasteiger partial charge in [-0.15, -0.1) is 0 Å². The van der Waals surface area contributed by atoms with Crippen LogP contribution >= 0.6 is 0 Å². The summed E-state index contributed by atoms with van der Waals surface area (Å²) in [4.78, 5) is 8.65. The Balaban J connectivity index is 1.74. The van der Waals surface area contributed by atoms with Gasteiger partial charge in [-0.25, -0.2) is 18.1 Å². The first-order valence-electron chi connectivity index (χ1n) is 8.00. The van der Waals surface area contributed by atoms with E-state index in [1.165, 1.54) is 7.11 Å². The van der Waals surface area contributed by atoms with Gasteiger partial charge in [-0.2, -0.15) is 0 Å². The largest absolute Gasteiger partial charge is 0.481 e. The Labute approximate surface area is 153 Å². The van der Waals surface area contributed by atoms with E-state index in [9.17, 15) is 8.42 Å². The van der Waals surface area contributed by atoms with Gasteiger partial charge in [0.25, 0.3) is 0 Å². The van der Waals surface area contributed by atoms with Crippen molar-refractivity contribution in [3.63, 3.8) is 0 Å². The van der Waals surface area contributed by atoms with E-state index in [1.54, 1.807) is 42.6 Å². The van der Waals surface area contributed by atoms with Gasteiger partial charge in [-0.1, -0.05) is 18.2 Å². The second-order valence-electron chi connectivity index (χ2n) is 5.72. The van der Waals surface area contributed by atoms with E-state index >= 15 is 0 Å². The summed E-state index contributed by atoms with van der Waals surface area (Å²) < 4.78 is 32.6. The van der Waals surface area contributed by atoms with E-state index in [4.69, 9.17) is 4.74 Å². The third-order valence-corrected chi connectivity index (χ3v) is 5.24. The van der Waals surface area contributed by atoms with E-state index in [0.29, 0.717) is 5.88 Å². The van der Waals surface area contributed by atoms with Crippen LogP contribution in [0.4, 0.5) is 0 Å². The summed E-state index contributed by atoms with van der Waals surface area (Å²) in [5.74, 6) is 0.441. The molecule has 0 amide bonds. The van der Waals surface area contributed by atoms with Gasteiger partial charge in [0.2, 0.25) is 15.9 Å². The number of sulfonamides is 1. The smallest absolute Gasteiger partial charge is 0.240 e. The van der Waals surface area contributed by atoms with Crippen molar-refractivity contribution >= 4 is 10.0 Å². The standard InChI is InChI=1S/C19H19N3O3S/c1-14-4-3-5-18(22-14)16-6-8-17(9-7-16)26(23,24)21-13-15-10-11-20-19(12-15)25-2/h3-12,21H,13H2,1-2H3. The molecule has 0 spiro atoms. The lowest BCUT2D eigenvalue weighted by molar-refractivity contribution is 0.397. The van der Waals surface area contributed by atoms with Crippen LogP contribution in [0.2, 0.25) is 0 Å². The van der Waals surface area contributed by atoms with Gasteiger partial charge in [0.05, 0.1) is 17.7 Å². The highest BCUT2D eigenvalue weighted by molar-refractivity contribution is 7.89. The fraction of sp³-hybridized carbons (Fsp3) is 0.158. The normalized spacial score (nSPS) is 11.3. The molecule has 2 heterocycles. The maximum absolute atomic E-state index is 12.5. The number of nitrogens with one attached hydrogen (secondary N) is 1. The minimum absolute atomic E-state index is 0.155. The lowest BCUT2D eigenvalue weighted by Gasteiger charge is -2.09. The monoisotopic (exact) mass is 369 g/mol. The van der Waals surface area contributed by atoms with Crippen molar-refractivity contribution in [2.75, 3.05) is 7.11 Å². The number of ether oxygens (including phenoxy) is 1. The number of nitrogens with zero attached hydrogens (tertiary/aromatic N) is 2. The third-order valence-electron chi connectivity index (χ3n) is 3.82. The Morgan fingerprint density at radius 1 is 1.08 bits per heavy atom. The Hall–Kier alpha value is -2.77. The van der Waals surface area contributed by atoms with Crippen LogP contribution < -0.4 is 9.46 Å². The first-order chi connectivity index (χ1) is 12.5. The molecule has 1 aromatic carbocycles. The highest BCUT2D eigenvalue weighted by Gasteiger charge is 2.14. The maximum atomic E-state index is 12.5. The molecular weight excluding hydrogens is 350 g/mol. The summed E-state index contributed by atoms with van der Waals surface area (Å²) >= 11 is 0. The molecule has 134 valence electrons. The third kappa shape index (κ3) is 4.25. The van der Waals surface area contributed by atoms with Crippen molar-refractivity contribution in [1.82, 2.24) is 14.7 Å². The van der Waals surface area contributed by atoms with Crippen LogP contribution in [0.3, 0.4) is 0 Å². The maximum Gasteiger partial charge on any atom is 0.240 e. The number of aromatic nitrogens is 2. The van der Waals surface area contributed by atoms with Crippen LogP contribution in [-0.2, 0) is 16.6 Å². The minimum atomic E-state index is -3.62. The summed E-state index contributed by atoms with van der Waals surface area (Å²) in [7, 11) is -2.10. The summed E-state index contributed by atoms with van der Waals surface area (Å²) in [6.07, 6.45) is 1.58.